The predicted octanol–water partition coefficient (Wildman–Crippen LogP) is 2.76. The summed E-state index contributed by atoms with van der Waals surface area (Å²) in [5.74, 6) is -2.24. The minimum absolute atomic E-state index is 0.0241. The van der Waals surface area contributed by atoms with Crippen molar-refractivity contribution in [1.82, 2.24) is 14.8 Å². The van der Waals surface area contributed by atoms with Gasteiger partial charge < -0.3 is 10.1 Å². The molecule has 29 heavy (non-hydrogen) atoms. The van der Waals surface area contributed by atoms with Gasteiger partial charge in [-0.05, 0) is 30.3 Å². The number of carbonyl (C=O) groups is 2. The second-order valence-electron chi connectivity index (χ2n) is 5.55. The Morgan fingerprint density at radius 1 is 1.28 bits per heavy atom. The highest BCUT2D eigenvalue weighted by Crippen LogP contribution is 2.24. The highest BCUT2D eigenvalue weighted by molar-refractivity contribution is 6.33. The first kappa shape index (κ1) is 19.9. The number of halogens is 2. The van der Waals surface area contributed by atoms with Gasteiger partial charge in [-0.1, -0.05) is 11.6 Å². The molecule has 1 aromatic heterocycles. The highest BCUT2D eigenvalue weighted by atomic mass is 35.5. The lowest BCUT2D eigenvalue weighted by molar-refractivity contribution is -0.384. The Morgan fingerprint density at radius 2 is 2.07 bits per heavy atom. The molecule has 0 aliphatic heterocycles. The average molecular weight is 420 g/mol. The fourth-order valence-corrected chi connectivity index (χ4v) is 2.53. The third-order valence-corrected chi connectivity index (χ3v) is 3.93. The number of aromatic nitrogens is 3. The molecule has 1 heterocycles. The predicted molar refractivity (Wildman–Crippen MR) is 98.3 cm³/mol. The monoisotopic (exact) mass is 419 g/mol. The Labute approximate surface area is 167 Å². The number of nitro groups is 1. The van der Waals surface area contributed by atoms with Crippen molar-refractivity contribution in [2.24, 2.45) is 0 Å². The zero-order valence-electron chi connectivity index (χ0n) is 14.4. The molecule has 0 bridgehead atoms. The maximum Gasteiger partial charge on any atom is 0.338 e. The van der Waals surface area contributed by atoms with E-state index in [1.165, 1.54) is 35.5 Å². The molecule has 3 rings (SSSR count). The molecular weight excluding hydrogens is 409 g/mol. The second-order valence-corrected chi connectivity index (χ2v) is 5.96. The molecule has 0 aliphatic rings. The zero-order chi connectivity index (χ0) is 21.0. The van der Waals surface area contributed by atoms with Crippen molar-refractivity contribution < 1.29 is 23.6 Å². The molecule has 0 unspecified atom stereocenters. The number of nitrogens with one attached hydrogen (secondary N) is 1. The first-order valence-corrected chi connectivity index (χ1v) is 8.28. The number of nitro benzene ring substituents is 1. The van der Waals surface area contributed by atoms with Gasteiger partial charge in [0.2, 0.25) is 0 Å². The number of rotatable bonds is 6. The number of ether oxygens (including phenoxy) is 1. The Bertz CT molecular complexity index is 1090. The second kappa shape index (κ2) is 8.44. The van der Waals surface area contributed by atoms with Crippen molar-refractivity contribution in [1.29, 1.82) is 0 Å². The van der Waals surface area contributed by atoms with Crippen LogP contribution < -0.4 is 5.32 Å². The van der Waals surface area contributed by atoms with Gasteiger partial charge in [-0.25, -0.2) is 18.9 Å². The summed E-state index contributed by atoms with van der Waals surface area (Å²) in [6.45, 7) is -0.675. The van der Waals surface area contributed by atoms with E-state index in [9.17, 15) is 24.1 Å². The van der Waals surface area contributed by atoms with E-state index >= 15 is 0 Å². The van der Waals surface area contributed by atoms with Crippen molar-refractivity contribution in [3.05, 3.63) is 75.6 Å². The van der Waals surface area contributed by atoms with Crippen LogP contribution in [0.25, 0.3) is 5.69 Å². The van der Waals surface area contributed by atoms with Gasteiger partial charge in [-0.3, -0.25) is 14.9 Å². The fourth-order valence-electron chi connectivity index (χ4n) is 2.31. The molecular formula is C17H11ClFN5O5. The minimum Gasteiger partial charge on any atom is -0.452 e. The first-order chi connectivity index (χ1) is 13.8. The number of nitrogens with zero attached hydrogens (tertiary/aromatic N) is 4. The summed E-state index contributed by atoms with van der Waals surface area (Å²) in [5.41, 5.74) is -0.282. The van der Waals surface area contributed by atoms with Crippen molar-refractivity contribution in [3.63, 3.8) is 0 Å². The van der Waals surface area contributed by atoms with Crippen molar-refractivity contribution in [3.8, 4) is 5.69 Å². The van der Waals surface area contributed by atoms with Gasteiger partial charge in [0.1, 0.15) is 24.2 Å². The van der Waals surface area contributed by atoms with Crippen LogP contribution in [0.15, 0.2) is 49.1 Å². The number of hydrogen-bond donors (Lipinski definition) is 1. The SMILES string of the molecule is O=C(COC(=O)c1ccc(-n2cncn2)c([N+](=O)[O-])c1)Nc1ccc(F)cc1Cl. The Hall–Kier alpha value is -3.86. The average Bonchev–Trinajstić information content (AvgIpc) is 3.22. The summed E-state index contributed by atoms with van der Waals surface area (Å²) in [4.78, 5) is 38.4. The van der Waals surface area contributed by atoms with E-state index in [1.807, 2.05) is 0 Å². The molecule has 1 N–H and O–H groups in total. The summed E-state index contributed by atoms with van der Waals surface area (Å²) >= 11 is 5.80. The molecule has 0 aliphatic carbocycles. The van der Waals surface area contributed by atoms with Crippen LogP contribution >= 0.6 is 11.6 Å². The maximum atomic E-state index is 13.0. The van der Waals surface area contributed by atoms with Crippen molar-refractivity contribution in [2.45, 2.75) is 0 Å². The molecule has 3 aromatic rings. The van der Waals surface area contributed by atoms with Crippen LogP contribution in [0.3, 0.4) is 0 Å². The molecule has 10 nitrogen and oxygen atoms in total. The Kier molecular flexibility index (Phi) is 5.79. The van der Waals surface area contributed by atoms with E-state index in [2.05, 4.69) is 15.4 Å². The molecule has 2 aromatic carbocycles. The van der Waals surface area contributed by atoms with Gasteiger partial charge in [-0.15, -0.1) is 0 Å². The van der Waals surface area contributed by atoms with E-state index in [-0.39, 0.29) is 22.0 Å². The van der Waals surface area contributed by atoms with Crippen LogP contribution in [0.2, 0.25) is 5.02 Å². The van der Waals surface area contributed by atoms with Gasteiger partial charge in [0.15, 0.2) is 6.61 Å². The molecule has 148 valence electrons. The third-order valence-electron chi connectivity index (χ3n) is 3.61. The van der Waals surface area contributed by atoms with E-state index in [1.54, 1.807) is 0 Å². The van der Waals surface area contributed by atoms with E-state index in [0.717, 1.165) is 18.2 Å². The summed E-state index contributed by atoms with van der Waals surface area (Å²) < 4.78 is 19.1. The largest absolute Gasteiger partial charge is 0.452 e. The number of anilines is 1. The topological polar surface area (TPSA) is 129 Å². The Balaban J connectivity index is 1.68. The van der Waals surface area contributed by atoms with Crippen LogP contribution in [0, 0.1) is 15.9 Å². The van der Waals surface area contributed by atoms with Crippen LogP contribution in [0.1, 0.15) is 10.4 Å². The molecule has 0 saturated heterocycles. The van der Waals surface area contributed by atoms with Gasteiger partial charge in [0, 0.05) is 6.07 Å². The minimum atomic E-state index is -0.946. The molecule has 1 amide bonds. The number of carbonyl (C=O) groups excluding carboxylic acids is 2. The van der Waals surface area contributed by atoms with Crippen LogP contribution in [-0.4, -0.2) is 38.2 Å². The molecule has 0 radical (unpaired) electrons. The van der Waals surface area contributed by atoms with Crippen LogP contribution in [0.5, 0.6) is 0 Å². The smallest absolute Gasteiger partial charge is 0.338 e. The molecule has 12 heteroatoms. The van der Waals surface area contributed by atoms with E-state index in [4.69, 9.17) is 16.3 Å². The third kappa shape index (κ3) is 4.71. The maximum absolute atomic E-state index is 13.0. The highest BCUT2D eigenvalue weighted by Gasteiger charge is 2.20. The van der Waals surface area contributed by atoms with Gasteiger partial charge in [0.05, 0.1) is 21.2 Å². The summed E-state index contributed by atoms with van der Waals surface area (Å²) in [5, 5.41) is 17.5. The van der Waals surface area contributed by atoms with Crippen LogP contribution in [0.4, 0.5) is 15.8 Å². The molecule has 0 fully saturated rings. The molecule has 0 spiro atoms. The summed E-state index contributed by atoms with van der Waals surface area (Å²) in [6, 6.07) is 6.98. The summed E-state index contributed by atoms with van der Waals surface area (Å²) in [6.07, 6.45) is 2.48. The number of esters is 1. The number of benzene rings is 2. The number of hydrogen-bond acceptors (Lipinski definition) is 7. The quantitative estimate of drug-likeness (QED) is 0.369. The lowest BCUT2D eigenvalue weighted by Gasteiger charge is -2.09. The van der Waals surface area contributed by atoms with Crippen LogP contribution in [-0.2, 0) is 9.53 Å². The van der Waals surface area contributed by atoms with Crippen molar-refractivity contribution >= 4 is 34.9 Å². The normalized spacial score (nSPS) is 10.4. The Morgan fingerprint density at radius 3 is 2.72 bits per heavy atom. The first-order valence-electron chi connectivity index (χ1n) is 7.90. The zero-order valence-corrected chi connectivity index (χ0v) is 15.2. The molecule has 0 atom stereocenters. The van der Waals surface area contributed by atoms with E-state index in [0.29, 0.717) is 0 Å². The van der Waals surface area contributed by atoms with Gasteiger partial charge in [-0.2, -0.15) is 5.10 Å². The van der Waals surface area contributed by atoms with Crippen molar-refractivity contribution in [2.75, 3.05) is 11.9 Å². The van der Waals surface area contributed by atoms with E-state index < -0.39 is 34.9 Å². The van der Waals surface area contributed by atoms with Gasteiger partial charge >= 0.3 is 5.97 Å². The van der Waals surface area contributed by atoms with Gasteiger partial charge in [0.25, 0.3) is 11.6 Å². The molecule has 0 saturated carbocycles. The standard InChI is InChI=1S/C17H11ClFN5O5/c18-12-6-11(19)2-3-13(12)22-16(25)7-29-17(26)10-1-4-14(15(5-10)24(27)28)23-9-20-8-21-23/h1-6,8-9H,7H2,(H,22,25). The number of amides is 1. The summed E-state index contributed by atoms with van der Waals surface area (Å²) in [7, 11) is 0. The lowest BCUT2D eigenvalue weighted by atomic mass is 10.1. The lowest BCUT2D eigenvalue weighted by Crippen LogP contribution is -2.21. The fraction of sp³-hybridized carbons (Fsp3) is 0.0588.